The molecule has 0 amide bonds. The van der Waals surface area contributed by atoms with Gasteiger partial charge < -0.3 is 18.9 Å². The molecule has 2 aliphatic rings. The Bertz CT molecular complexity index is 1660. The van der Waals surface area contributed by atoms with Crippen molar-refractivity contribution in [2.45, 2.75) is 57.0 Å². The molecule has 10 heteroatoms. The van der Waals surface area contributed by atoms with Crippen molar-refractivity contribution in [3.8, 4) is 11.5 Å². The number of halogens is 1. The fourth-order valence-corrected chi connectivity index (χ4v) is 8.49. The summed E-state index contributed by atoms with van der Waals surface area (Å²) in [5, 5.41) is 0. The summed E-state index contributed by atoms with van der Waals surface area (Å²) in [6, 6.07) is 34.9. The summed E-state index contributed by atoms with van der Waals surface area (Å²) in [5.74, 6) is 0.333. The number of para-hydroxylation sites is 2. The van der Waals surface area contributed by atoms with Gasteiger partial charge >= 0.3 is 0 Å². The summed E-state index contributed by atoms with van der Waals surface area (Å²) in [6.45, 7) is 4.14. The fourth-order valence-electron chi connectivity index (χ4n) is 5.95. The maximum Gasteiger partial charge on any atom is 0.283 e. The van der Waals surface area contributed by atoms with Gasteiger partial charge in [-0.05, 0) is 84.0 Å². The fraction of sp³-hybridized carbons (Fsp3) is 0.314. The Labute approximate surface area is 279 Å². The number of rotatable bonds is 10. The van der Waals surface area contributed by atoms with Crippen LogP contribution in [0.1, 0.15) is 25.0 Å². The van der Waals surface area contributed by atoms with Crippen molar-refractivity contribution in [3.63, 3.8) is 0 Å². The predicted molar refractivity (Wildman–Crippen MR) is 181 cm³/mol. The zero-order valence-electron chi connectivity index (χ0n) is 25.2. The highest BCUT2D eigenvalue weighted by atomic mass is 127. The van der Waals surface area contributed by atoms with E-state index in [-0.39, 0.29) is 26.3 Å². The van der Waals surface area contributed by atoms with Crippen molar-refractivity contribution in [1.82, 2.24) is 8.61 Å². The zero-order chi connectivity index (χ0) is 31.4. The van der Waals surface area contributed by atoms with Gasteiger partial charge in [-0.2, -0.15) is 17.0 Å². The normalized spacial score (nSPS) is 24.4. The first-order valence-corrected chi connectivity index (χ1v) is 17.5. The molecule has 0 saturated carbocycles. The quantitative estimate of drug-likeness (QED) is 0.179. The Balaban J connectivity index is 1.47. The molecule has 0 spiro atoms. The lowest BCUT2D eigenvalue weighted by Gasteiger charge is -2.36. The van der Waals surface area contributed by atoms with Crippen LogP contribution in [0.15, 0.2) is 115 Å². The summed E-state index contributed by atoms with van der Waals surface area (Å²) >= 11 is 2.25. The van der Waals surface area contributed by atoms with Crippen molar-refractivity contribution in [2.24, 2.45) is 0 Å². The molecule has 45 heavy (non-hydrogen) atoms. The number of ether oxygens (including phenoxy) is 4. The molecule has 0 aromatic heterocycles. The molecule has 0 bridgehead atoms. The van der Waals surface area contributed by atoms with Gasteiger partial charge in [0.2, 0.25) is 0 Å². The molecule has 236 valence electrons. The molecule has 2 heterocycles. The smallest absolute Gasteiger partial charge is 0.283 e. The van der Waals surface area contributed by atoms with E-state index in [1.807, 2.05) is 129 Å². The first-order valence-electron chi connectivity index (χ1n) is 15.0. The van der Waals surface area contributed by atoms with Gasteiger partial charge in [-0.25, -0.2) is 0 Å². The average molecular weight is 741 g/mol. The van der Waals surface area contributed by atoms with Gasteiger partial charge in [-0.15, -0.1) is 0 Å². The van der Waals surface area contributed by atoms with Crippen LogP contribution in [0.25, 0.3) is 0 Å². The van der Waals surface area contributed by atoms with E-state index < -0.39 is 40.3 Å². The number of fused-ring (bicyclic) bond motifs is 1. The molecule has 2 aliphatic heterocycles. The molecule has 0 aliphatic carbocycles. The van der Waals surface area contributed by atoms with Crippen LogP contribution in [0.4, 0.5) is 0 Å². The standard InChI is InChI=1S/C35H37IN2O6S/c1-35(2)43-33-31(24-41-29-17-8-4-9-18-29)37(22-26-13-6-3-7-14-26)45(39,40)38(23-27-15-12-16-28(36)21-27)32(34(33)44-35)25-42-30-19-10-5-11-20-30/h3-21,31-34H,22-25H2,1-2H3/t31-,32-,33+,34+/m1/s1. The van der Waals surface area contributed by atoms with Crippen LogP contribution in [0, 0.1) is 3.57 Å². The van der Waals surface area contributed by atoms with Crippen molar-refractivity contribution >= 4 is 32.8 Å². The van der Waals surface area contributed by atoms with E-state index in [1.54, 1.807) is 0 Å². The molecular formula is C35H37IN2O6S. The molecule has 0 N–H and O–H groups in total. The van der Waals surface area contributed by atoms with Crippen LogP contribution in [0.5, 0.6) is 11.5 Å². The minimum atomic E-state index is -4.15. The molecule has 4 aromatic carbocycles. The Morgan fingerprint density at radius 1 is 0.667 bits per heavy atom. The third-order valence-electron chi connectivity index (χ3n) is 7.99. The maximum atomic E-state index is 15.1. The van der Waals surface area contributed by atoms with Crippen LogP contribution in [-0.2, 0) is 32.8 Å². The van der Waals surface area contributed by atoms with Gasteiger partial charge in [0.1, 0.15) is 36.9 Å². The largest absolute Gasteiger partial charge is 0.492 e. The van der Waals surface area contributed by atoms with Gasteiger partial charge in [-0.1, -0.05) is 78.9 Å². The van der Waals surface area contributed by atoms with Gasteiger partial charge in [0.25, 0.3) is 10.2 Å². The third kappa shape index (κ3) is 7.53. The molecular weight excluding hydrogens is 703 g/mol. The van der Waals surface area contributed by atoms with Gasteiger partial charge in [0.05, 0.1) is 12.1 Å². The number of hydrogen-bond acceptors (Lipinski definition) is 6. The first-order chi connectivity index (χ1) is 21.7. The van der Waals surface area contributed by atoms with E-state index in [0.717, 1.165) is 14.7 Å². The lowest BCUT2D eigenvalue weighted by Crippen LogP contribution is -2.53. The van der Waals surface area contributed by atoms with Gasteiger partial charge in [0, 0.05) is 16.7 Å². The molecule has 2 saturated heterocycles. The van der Waals surface area contributed by atoms with E-state index in [1.165, 1.54) is 8.61 Å². The number of benzene rings is 4. The molecule has 0 radical (unpaired) electrons. The second-order valence-electron chi connectivity index (χ2n) is 11.7. The van der Waals surface area contributed by atoms with Crippen LogP contribution >= 0.6 is 22.6 Å². The van der Waals surface area contributed by atoms with Crippen molar-refractivity contribution in [2.75, 3.05) is 13.2 Å². The van der Waals surface area contributed by atoms with E-state index >= 15 is 8.42 Å². The molecule has 8 nitrogen and oxygen atoms in total. The highest BCUT2D eigenvalue weighted by Crippen LogP contribution is 2.41. The second-order valence-corrected chi connectivity index (χ2v) is 14.7. The topological polar surface area (TPSA) is 77.5 Å². The van der Waals surface area contributed by atoms with Crippen LogP contribution in [-0.4, -0.2) is 60.3 Å². The van der Waals surface area contributed by atoms with E-state index in [4.69, 9.17) is 18.9 Å². The molecule has 0 unspecified atom stereocenters. The summed E-state index contributed by atoms with van der Waals surface area (Å²) in [6.07, 6.45) is -1.29. The van der Waals surface area contributed by atoms with Crippen LogP contribution < -0.4 is 9.47 Å². The Hall–Kier alpha value is -3.00. The lowest BCUT2D eigenvalue weighted by molar-refractivity contribution is -0.156. The van der Waals surface area contributed by atoms with Gasteiger partial charge in [0.15, 0.2) is 5.79 Å². The van der Waals surface area contributed by atoms with Gasteiger partial charge in [-0.3, -0.25) is 0 Å². The van der Waals surface area contributed by atoms with Crippen molar-refractivity contribution < 1.29 is 27.4 Å². The SMILES string of the molecule is CC1(C)O[C@@H]2[C@@H](O1)[C@@H](COc1ccccc1)N(Cc1cccc(I)c1)S(=O)(=O)N(Cc1ccccc1)[C@@H]2COc1ccccc1. The zero-order valence-corrected chi connectivity index (χ0v) is 28.2. The predicted octanol–water partition coefficient (Wildman–Crippen LogP) is 6.27. The molecule has 4 atom stereocenters. The second kappa shape index (κ2) is 13.8. The highest BCUT2D eigenvalue weighted by molar-refractivity contribution is 14.1. The maximum absolute atomic E-state index is 15.1. The van der Waals surface area contributed by atoms with E-state index in [0.29, 0.717) is 11.5 Å². The number of hydrogen-bond donors (Lipinski definition) is 0. The Morgan fingerprint density at radius 3 is 1.60 bits per heavy atom. The van der Waals surface area contributed by atoms with Crippen molar-refractivity contribution in [3.05, 3.63) is 130 Å². The lowest BCUT2D eigenvalue weighted by atomic mass is 9.99. The summed E-state index contributed by atoms with van der Waals surface area (Å²) in [5.41, 5.74) is 1.72. The van der Waals surface area contributed by atoms with E-state index in [2.05, 4.69) is 22.6 Å². The third-order valence-corrected chi connectivity index (χ3v) is 10.6. The van der Waals surface area contributed by atoms with Crippen molar-refractivity contribution in [1.29, 1.82) is 0 Å². The monoisotopic (exact) mass is 740 g/mol. The molecule has 2 fully saturated rings. The molecule has 6 rings (SSSR count). The Morgan fingerprint density at radius 2 is 1.11 bits per heavy atom. The minimum absolute atomic E-state index is 0.0687. The minimum Gasteiger partial charge on any atom is -0.492 e. The summed E-state index contributed by atoms with van der Waals surface area (Å²) < 4.78 is 60.0. The molecule has 4 aromatic rings. The summed E-state index contributed by atoms with van der Waals surface area (Å²) in [7, 11) is -4.15. The summed E-state index contributed by atoms with van der Waals surface area (Å²) in [4.78, 5) is 0. The Kier molecular flexibility index (Phi) is 9.79. The first kappa shape index (κ1) is 32.0. The highest BCUT2D eigenvalue weighted by Gasteiger charge is 2.58. The van der Waals surface area contributed by atoms with Crippen LogP contribution in [0.3, 0.4) is 0 Å². The average Bonchev–Trinajstić information content (AvgIpc) is 3.33. The number of nitrogens with zero attached hydrogens (tertiary/aromatic N) is 2. The van der Waals surface area contributed by atoms with E-state index in [9.17, 15) is 0 Å². The van der Waals surface area contributed by atoms with Crippen LogP contribution in [0.2, 0.25) is 0 Å².